The van der Waals surface area contributed by atoms with Crippen molar-refractivity contribution in [1.29, 1.82) is 0 Å². The number of hydrogen-bond acceptors (Lipinski definition) is 0. The molecule has 10 rings (SSSR count). The smallest absolute Gasteiger partial charge is 0.000137 e. The van der Waals surface area contributed by atoms with Gasteiger partial charge in [-0.25, -0.2) is 0 Å². The van der Waals surface area contributed by atoms with Crippen LogP contribution in [0.2, 0.25) is 0 Å². The second kappa shape index (κ2) is 12.5. The van der Waals surface area contributed by atoms with Gasteiger partial charge in [0.2, 0.25) is 0 Å². The molecule has 8 aromatic carbocycles. The van der Waals surface area contributed by atoms with Crippen molar-refractivity contribution in [3.8, 4) is 22.3 Å². The van der Waals surface area contributed by atoms with Crippen LogP contribution in [0.5, 0.6) is 0 Å². The van der Waals surface area contributed by atoms with Gasteiger partial charge in [-0.3, -0.25) is 0 Å². The van der Waals surface area contributed by atoms with Gasteiger partial charge in [0.15, 0.2) is 0 Å². The molecule has 0 unspecified atom stereocenters. The van der Waals surface area contributed by atoms with E-state index in [1.54, 1.807) is 0 Å². The maximum absolute atomic E-state index is 2.48. The van der Waals surface area contributed by atoms with E-state index >= 15 is 0 Å². The van der Waals surface area contributed by atoms with E-state index in [0.717, 1.165) is 0 Å². The third-order valence-electron chi connectivity index (χ3n) is 10.6. The van der Waals surface area contributed by atoms with E-state index in [0.29, 0.717) is 0 Å². The molecule has 0 radical (unpaired) electrons. The predicted octanol–water partition coefficient (Wildman–Crippen LogP) is 13.5. The van der Waals surface area contributed by atoms with E-state index in [-0.39, 0.29) is 0 Å². The summed E-state index contributed by atoms with van der Waals surface area (Å²) in [5.41, 5.74) is 20.1. The van der Waals surface area contributed by atoms with Gasteiger partial charge in [0, 0.05) is 0 Å². The molecule has 52 heavy (non-hydrogen) atoms. The van der Waals surface area contributed by atoms with Gasteiger partial charge in [-0.1, -0.05) is 188 Å². The average Bonchev–Trinajstić information content (AvgIpc) is 3.74. The van der Waals surface area contributed by atoms with Crippen LogP contribution in [0.1, 0.15) is 33.4 Å². The number of allylic oxidation sites excluding steroid dienone is 5. The number of fused-ring (bicyclic) bond motifs is 4. The summed E-state index contributed by atoms with van der Waals surface area (Å²) in [5.74, 6) is 0. The Morgan fingerprint density at radius 1 is 0.173 bits per heavy atom. The van der Waals surface area contributed by atoms with Crippen LogP contribution >= 0.6 is 0 Å². The molecule has 0 bridgehead atoms. The van der Waals surface area contributed by atoms with E-state index in [9.17, 15) is 0 Å². The molecular weight excluding hydrogens is 625 g/mol. The maximum atomic E-state index is 2.48. The Labute approximate surface area is 305 Å². The molecule has 0 aromatic heterocycles. The highest BCUT2D eigenvalue weighted by molar-refractivity contribution is 6.39. The summed E-state index contributed by atoms with van der Waals surface area (Å²) in [5, 5.41) is 2.49. The summed E-state index contributed by atoms with van der Waals surface area (Å²) in [6.07, 6.45) is 0. The third-order valence-corrected chi connectivity index (χ3v) is 10.6. The lowest BCUT2D eigenvalue weighted by atomic mass is 9.84. The second-order valence-electron chi connectivity index (χ2n) is 13.6. The predicted molar refractivity (Wildman–Crippen MR) is 220 cm³/mol. The molecular formula is C52H34. The van der Waals surface area contributed by atoms with Gasteiger partial charge in [0.25, 0.3) is 0 Å². The van der Waals surface area contributed by atoms with Crippen LogP contribution in [0.3, 0.4) is 0 Å². The van der Waals surface area contributed by atoms with E-state index in [1.807, 2.05) is 0 Å². The Hall–Kier alpha value is -6.76. The molecule has 242 valence electrons. The van der Waals surface area contributed by atoms with Crippen LogP contribution in [0.25, 0.3) is 60.9 Å². The van der Waals surface area contributed by atoms with Gasteiger partial charge in [0.1, 0.15) is 0 Å². The standard InChI is InChI=1S/C52H34/c1-6-19-36(20-7-1)43-33-45-46(34-44(43)37-21-8-2-9-22-37)51-50(42-31-30-35-18-16-17-29-41(35)32-42)48(39-25-12-4-13-26-39)49(40-27-14-5-15-28-40)52(51)47(45)38-23-10-3-11-24-38/h1-34H. The lowest BCUT2D eigenvalue weighted by Crippen LogP contribution is -1.97. The van der Waals surface area contributed by atoms with Crippen LogP contribution in [0.15, 0.2) is 212 Å². The van der Waals surface area contributed by atoms with Gasteiger partial charge in [-0.2, -0.15) is 0 Å². The summed E-state index contributed by atoms with van der Waals surface area (Å²) in [4.78, 5) is 0. The van der Waals surface area contributed by atoms with Crippen molar-refractivity contribution in [2.75, 3.05) is 0 Å². The molecule has 0 heterocycles. The van der Waals surface area contributed by atoms with E-state index < -0.39 is 0 Å². The van der Waals surface area contributed by atoms with Crippen molar-refractivity contribution in [2.45, 2.75) is 0 Å². The molecule has 0 nitrogen and oxygen atoms in total. The van der Waals surface area contributed by atoms with Crippen molar-refractivity contribution >= 4 is 38.6 Å². The van der Waals surface area contributed by atoms with Gasteiger partial charge in [-0.05, 0) is 118 Å². The van der Waals surface area contributed by atoms with Crippen molar-refractivity contribution < 1.29 is 0 Å². The monoisotopic (exact) mass is 658 g/mol. The first-order valence-corrected chi connectivity index (χ1v) is 18.0. The molecule has 0 amide bonds. The first-order chi connectivity index (χ1) is 25.8. The molecule has 2 aliphatic carbocycles. The minimum Gasteiger partial charge on any atom is -0.0622 e. The lowest BCUT2D eigenvalue weighted by Gasteiger charge is -2.19. The Balaban J connectivity index is 1.40. The van der Waals surface area contributed by atoms with Crippen LogP contribution in [0.4, 0.5) is 0 Å². The zero-order valence-electron chi connectivity index (χ0n) is 28.6. The number of rotatable bonds is 6. The van der Waals surface area contributed by atoms with Gasteiger partial charge >= 0.3 is 0 Å². The molecule has 8 aromatic rings. The highest BCUT2D eigenvalue weighted by Crippen LogP contribution is 2.62. The molecule has 0 N–H and O–H groups in total. The summed E-state index contributed by atoms with van der Waals surface area (Å²) in [6, 6.07) is 75.5. The minimum absolute atomic E-state index is 1.21. The molecule has 0 saturated heterocycles. The fourth-order valence-electron chi connectivity index (χ4n) is 8.33. The zero-order chi connectivity index (χ0) is 34.4. The van der Waals surface area contributed by atoms with Crippen molar-refractivity contribution in [1.82, 2.24) is 0 Å². The van der Waals surface area contributed by atoms with Crippen molar-refractivity contribution in [3.05, 3.63) is 245 Å². The highest BCUT2D eigenvalue weighted by atomic mass is 14.4. The maximum Gasteiger partial charge on any atom is -0.000137 e. The Morgan fingerprint density at radius 2 is 0.538 bits per heavy atom. The quantitative estimate of drug-likeness (QED) is 0.167. The topological polar surface area (TPSA) is 0 Å². The molecule has 2 aliphatic rings. The Kier molecular flexibility index (Phi) is 7.25. The van der Waals surface area contributed by atoms with E-state index in [4.69, 9.17) is 0 Å². The van der Waals surface area contributed by atoms with Crippen LogP contribution < -0.4 is 0 Å². The summed E-state index contributed by atoms with van der Waals surface area (Å²) < 4.78 is 0. The van der Waals surface area contributed by atoms with E-state index in [1.165, 1.54) is 99.8 Å². The van der Waals surface area contributed by atoms with Crippen molar-refractivity contribution in [2.24, 2.45) is 0 Å². The average molecular weight is 659 g/mol. The van der Waals surface area contributed by atoms with Gasteiger partial charge < -0.3 is 0 Å². The van der Waals surface area contributed by atoms with Crippen LogP contribution in [-0.2, 0) is 0 Å². The molecule has 0 atom stereocenters. The highest BCUT2D eigenvalue weighted by Gasteiger charge is 2.40. The number of benzene rings is 8. The summed E-state index contributed by atoms with van der Waals surface area (Å²) >= 11 is 0. The lowest BCUT2D eigenvalue weighted by molar-refractivity contribution is 1.52. The van der Waals surface area contributed by atoms with E-state index in [2.05, 4.69) is 206 Å². The summed E-state index contributed by atoms with van der Waals surface area (Å²) in [6.45, 7) is 0. The Bertz CT molecular complexity index is 2710. The third kappa shape index (κ3) is 4.92. The fourth-order valence-corrected chi connectivity index (χ4v) is 8.33. The first-order valence-electron chi connectivity index (χ1n) is 18.0. The second-order valence-corrected chi connectivity index (χ2v) is 13.6. The summed E-state index contributed by atoms with van der Waals surface area (Å²) in [7, 11) is 0. The molecule has 0 spiro atoms. The fraction of sp³-hybridized carbons (Fsp3) is 0. The molecule has 0 aliphatic heterocycles. The van der Waals surface area contributed by atoms with Gasteiger partial charge in [0.05, 0.1) is 0 Å². The largest absolute Gasteiger partial charge is 0.0622 e. The minimum atomic E-state index is 1.21. The SMILES string of the molecule is c1ccc(C2=C(c3ccccc3)C(c3ccc4ccccc4c3)=C3C2=C(c2ccccc2)c2cc(-c4ccccc4)c(-c4ccccc4)cc23)cc1. The van der Waals surface area contributed by atoms with Gasteiger partial charge in [-0.15, -0.1) is 0 Å². The number of hydrogen-bond donors (Lipinski definition) is 0. The molecule has 0 saturated carbocycles. The Morgan fingerprint density at radius 3 is 1.04 bits per heavy atom. The molecule has 0 heteroatoms. The zero-order valence-corrected chi connectivity index (χ0v) is 28.6. The molecule has 0 fully saturated rings. The van der Waals surface area contributed by atoms with Crippen molar-refractivity contribution in [3.63, 3.8) is 0 Å². The van der Waals surface area contributed by atoms with Crippen LogP contribution in [-0.4, -0.2) is 0 Å². The normalized spacial score (nSPS) is 13.5. The van der Waals surface area contributed by atoms with Crippen LogP contribution in [0, 0.1) is 0 Å². The first kappa shape index (κ1) is 30.1.